The summed E-state index contributed by atoms with van der Waals surface area (Å²) < 4.78 is 0. The Bertz CT molecular complexity index is 126. The summed E-state index contributed by atoms with van der Waals surface area (Å²) in [6, 6.07) is 0. The predicted molar refractivity (Wildman–Crippen MR) is 19.5 cm³/mol. The smallest absolute Gasteiger partial charge is 0.286 e. The number of carbonyl (C=O) groups excluding carboxylic acids is 2. The first-order valence-corrected chi connectivity index (χ1v) is 1.49. The van der Waals surface area contributed by atoms with Crippen LogP contribution in [-0.4, -0.2) is 17.4 Å². The van der Waals surface area contributed by atoms with Gasteiger partial charge in [-0.25, -0.2) is 15.1 Å². The molecule has 0 radical (unpaired) electrons. The van der Waals surface area contributed by atoms with Gasteiger partial charge in [0, 0.05) is 5.16 Å². The molecule has 6 heteroatoms. The molecule has 0 rings (SSSR count). The largest absolute Gasteiger partial charge is 0.457 e. The highest BCUT2D eigenvalue weighted by atomic mass is 16.7. The highest BCUT2D eigenvalue weighted by Gasteiger charge is 1.93. The Balaban J connectivity index is 3.39. The molecule has 0 fully saturated rings. The Labute approximate surface area is 43.7 Å². The fourth-order valence-corrected chi connectivity index (χ4v) is 0.0805. The Hall–Kier alpha value is -1.39. The lowest BCUT2D eigenvalue weighted by molar-refractivity contribution is 0.0915. The van der Waals surface area contributed by atoms with E-state index >= 15 is 0 Å². The standard InChI is InChI=1S/C2H2N2O4/c5-1-3-8-2(6)4-7/h7H,(H,4,6). The maximum absolute atomic E-state index is 9.71. The van der Waals surface area contributed by atoms with Gasteiger partial charge in [0.25, 0.3) is 6.08 Å². The summed E-state index contributed by atoms with van der Waals surface area (Å²) >= 11 is 0. The summed E-state index contributed by atoms with van der Waals surface area (Å²) in [5.74, 6) is 0. The SMILES string of the molecule is O=C=NOC(=O)NO. The Morgan fingerprint density at radius 2 is 2.50 bits per heavy atom. The number of hydroxylamine groups is 1. The van der Waals surface area contributed by atoms with E-state index in [1.54, 1.807) is 0 Å². The van der Waals surface area contributed by atoms with E-state index in [4.69, 9.17) is 10.0 Å². The van der Waals surface area contributed by atoms with Crippen molar-refractivity contribution >= 4 is 12.2 Å². The topological polar surface area (TPSA) is 88.0 Å². The number of amides is 1. The summed E-state index contributed by atoms with van der Waals surface area (Å²) in [6.45, 7) is 0. The van der Waals surface area contributed by atoms with Crippen molar-refractivity contribution in [3.8, 4) is 0 Å². The molecule has 0 aromatic carbocycles. The van der Waals surface area contributed by atoms with Crippen LogP contribution in [0.2, 0.25) is 0 Å². The van der Waals surface area contributed by atoms with Crippen LogP contribution in [0, 0.1) is 0 Å². The monoisotopic (exact) mass is 118 g/mol. The third-order valence-corrected chi connectivity index (χ3v) is 0.257. The van der Waals surface area contributed by atoms with Gasteiger partial charge in [0.1, 0.15) is 0 Å². The number of nitrogens with one attached hydrogen (secondary N) is 1. The van der Waals surface area contributed by atoms with Gasteiger partial charge in [0.05, 0.1) is 0 Å². The molecule has 0 aromatic rings. The number of carbonyl (C=O) groups is 1. The molecular weight excluding hydrogens is 116 g/mol. The van der Waals surface area contributed by atoms with Crippen LogP contribution >= 0.6 is 0 Å². The first kappa shape index (κ1) is 6.61. The first-order valence-electron chi connectivity index (χ1n) is 1.49. The van der Waals surface area contributed by atoms with Crippen molar-refractivity contribution in [1.29, 1.82) is 0 Å². The van der Waals surface area contributed by atoms with E-state index in [1.807, 2.05) is 0 Å². The summed E-state index contributed by atoms with van der Waals surface area (Å²) in [7, 11) is 0. The molecule has 0 unspecified atom stereocenters. The molecule has 0 aromatic heterocycles. The third-order valence-electron chi connectivity index (χ3n) is 0.257. The molecule has 2 N–H and O–H groups in total. The summed E-state index contributed by atoms with van der Waals surface area (Å²) in [5, 5.41) is 10.0. The van der Waals surface area contributed by atoms with Crippen molar-refractivity contribution in [2.45, 2.75) is 0 Å². The quantitative estimate of drug-likeness (QED) is 0.157. The summed E-state index contributed by atoms with van der Waals surface area (Å²) in [5.41, 5.74) is 1.07. The summed E-state index contributed by atoms with van der Waals surface area (Å²) in [4.78, 5) is 22.4. The molecule has 0 spiro atoms. The number of nitrogens with zero attached hydrogens (tertiary/aromatic N) is 1. The van der Waals surface area contributed by atoms with Crippen LogP contribution < -0.4 is 5.48 Å². The van der Waals surface area contributed by atoms with E-state index in [9.17, 15) is 4.79 Å². The maximum Gasteiger partial charge on any atom is 0.457 e. The van der Waals surface area contributed by atoms with Gasteiger partial charge in [-0.2, -0.15) is 0 Å². The van der Waals surface area contributed by atoms with Gasteiger partial charge in [0.15, 0.2) is 0 Å². The zero-order valence-corrected chi connectivity index (χ0v) is 3.62. The molecule has 0 bridgehead atoms. The minimum atomic E-state index is -1.23. The number of hydrogen-bond acceptors (Lipinski definition) is 5. The molecular formula is C2H2N2O4. The van der Waals surface area contributed by atoms with Crippen molar-refractivity contribution < 1.29 is 19.6 Å². The maximum atomic E-state index is 9.71. The molecule has 0 aliphatic carbocycles. The molecule has 44 valence electrons. The average Bonchev–Trinajstić information content (AvgIpc) is 1.83. The molecule has 0 saturated carbocycles. The van der Waals surface area contributed by atoms with Crippen LogP contribution in [0.4, 0.5) is 4.79 Å². The number of hydrogen-bond donors (Lipinski definition) is 2. The zero-order chi connectivity index (χ0) is 6.41. The molecule has 0 atom stereocenters. The van der Waals surface area contributed by atoms with E-state index < -0.39 is 6.09 Å². The highest BCUT2D eigenvalue weighted by Crippen LogP contribution is 1.71. The second-order valence-electron chi connectivity index (χ2n) is 0.673. The van der Waals surface area contributed by atoms with Crippen molar-refractivity contribution in [2.75, 3.05) is 0 Å². The lowest BCUT2D eigenvalue weighted by atomic mass is 11.3. The Morgan fingerprint density at radius 1 is 1.88 bits per heavy atom. The van der Waals surface area contributed by atoms with Crippen molar-refractivity contribution in [2.24, 2.45) is 5.16 Å². The minimum absolute atomic E-state index is 0.914. The molecule has 1 amide bonds. The number of isocyanates is 1. The van der Waals surface area contributed by atoms with Crippen LogP contribution in [0.5, 0.6) is 0 Å². The van der Waals surface area contributed by atoms with Gasteiger partial charge < -0.3 is 0 Å². The van der Waals surface area contributed by atoms with Crippen molar-refractivity contribution in [3.63, 3.8) is 0 Å². The molecule has 0 heterocycles. The van der Waals surface area contributed by atoms with E-state index in [-0.39, 0.29) is 0 Å². The van der Waals surface area contributed by atoms with E-state index in [0.717, 1.165) is 11.6 Å². The first-order chi connectivity index (χ1) is 3.81. The fraction of sp³-hybridized carbons (Fsp3) is 0. The second kappa shape index (κ2) is 3.79. The zero-order valence-electron chi connectivity index (χ0n) is 3.62. The van der Waals surface area contributed by atoms with E-state index in [1.165, 1.54) is 0 Å². The molecule has 0 saturated heterocycles. The van der Waals surface area contributed by atoms with Gasteiger partial charge in [0.2, 0.25) is 0 Å². The lowest BCUT2D eigenvalue weighted by Gasteiger charge is -1.86. The Kier molecular flexibility index (Phi) is 3.13. The van der Waals surface area contributed by atoms with Gasteiger partial charge in [-0.3, -0.25) is 10.0 Å². The Morgan fingerprint density at radius 3 is 2.88 bits per heavy atom. The van der Waals surface area contributed by atoms with E-state index in [2.05, 4.69) is 9.99 Å². The predicted octanol–water partition coefficient (Wildman–Crippen LogP) is -0.647. The van der Waals surface area contributed by atoms with Gasteiger partial charge >= 0.3 is 6.09 Å². The van der Waals surface area contributed by atoms with Crippen LogP contribution in [0.25, 0.3) is 0 Å². The molecule has 0 aliphatic heterocycles. The van der Waals surface area contributed by atoms with Gasteiger partial charge in [-0.1, -0.05) is 0 Å². The average molecular weight is 118 g/mol. The van der Waals surface area contributed by atoms with Gasteiger partial charge in [-0.15, -0.1) is 0 Å². The fourth-order valence-electron chi connectivity index (χ4n) is 0.0805. The van der Waals surface area contributed by atoms with Crippen LogP contribution in [-0.2, 0) is 9.63 Å². The normalized spacial score (nSPS) is 6.62. The second-order valence-corrected chi connectivity index (χ2v) is 0.673. The summed E-state index contributed by atoms with van der Waals surface area (Å²) in [6.07, 6.45) is -0.315. The van der Waals surface area contributed by atoms with E-state index in [0.29, 0.717) is 0 Å². The minimum Gasteiger partial charge on any atom is -0.286 e. The molecule has 6 nitrogen and oxygen atoms in total. The lowest BCUT2D eigenvalue weighted by Crippen LogP contribution is -2.17. The van der Waals surface area contributed by atoms with Crippen LogP contribution in [0.15, 0.2) is 5.16 Å². The van der Waals surface area contributed by atoms with Crippen molar-refractivity contribution in [1.82, 2.24) is 5.48 Å². The van der Waals surface area contributed by atoms with Crippen LogP contribution in [0.3, 0.4) is 0 Å². The van der Waals surface area contributed by atoms with Crippen molar-refractivity contribution in [3.05, 3.63) is 0 Å². The molecule has 0 aliphatic rings. The third kappa shape index (κ3) is 2.83. The van der Waals surface area contributed by atoms with Gasteiger partial charge in [-0.05, 0) is 0 Å². The highest BCUT2D eigenvalue weighted by molar-refractivity contribution is 5.65. The number of rotatable bonds is 1. The van der Waals surface area contributed by atoms with Crippen LogP contribution in [0.1, 0.15) is 0 Å². The molecule has 8 heavy (non-hydrogen) atoms.